The molecule has 2 bridgehead atoms. The third-order valence-corrected chi connectivity index (χ3v) is 10.5. The number of aliphatic hydroxyl groups is 1. The topological polar surface area (TPSA) is 90.4 Å². The number of nitrogens with zero attached hydrogens (tertiary/aromatic N) is 3. The van der Waals surface area contributed by atoms with E-state index in [2.05, 4.69) is 13.2 Å². The fourth-order valence-electron chi connectivity index (χ4n) is 8.36. The zero-order valence-electron chi connectivity index (χ0n) is 27.4. The Hall–Kier alpha value is -5.05. The van der Waals surface area contributed by atoms with Crippen LogP contribution >= 0.6 is 0 Å². The van der Waals surface area contributed by atoms with Crippen LogP contribution in [0.4, 0.5) is 5.69 Å². The highest BCUT2D eigenvalue weighted by atomic mass is 16.5. The third kappa shape index (κ3) is 5.55. The van der Waals surface area contributed by atoms with Crippen LogP contribution in [0.3, 0.4) is 0 Å². The summed E-state index contributed by atoms with van der Waals surface area (Å²) in [6.45, 7) is 8.28. The van der Waals surface area contributed by atoms with Crippen LogP contribution in [0.2, 0.25) is 0 Å². The molecule has 0 aromatic heterocycles. The number of amides is 3. The van der Waals surface area contributed by atoms with Gasteiger partial charge >= 0.3 is 0 Å². The van der Waals surface area contributed by atoms with Crippen molar-refractivity contribution in [2.75, 3.05) is 24.6 Å². The van der Waals surface area contributed by atoms with Gasteiger partial charge < -0.3 is 24.5 Å². The Kier molecular flexibility index (Phi) is 8.92. The van der Waals surface area contributed by atoms with Crippen molar-refractivity contribution >= 4 is 34.2 Å². The molecule has 3 amide bonds. The maximum atomic E-state index is 15.2. The minimum Gasteiger partial charge on any atom is -0.394 e. The summed E-state index contributed by atoms with van der Waals surface area (Å²) in [5.74, 6) is -2.55. The smallest absolute Gasteiger partial charge is 0.253 e. The Morgan fingerprint density at radius 3 is 2.27 bits per heavy atom. The van der Waals surface area contributed by atoms with E-state index in [0.717, 1.165) is 16.3 Å². The third-order valence-electron chi connectivity index (χ3n) is 10.5. The number of anilines is 1. The quantitative estimate of drug-likeness (QED) is 0.199. The molecule has 7 rings (SSSR count). The number of aliphatic hydroxyl groups excluding tert-OH is 1. The summed E-state index contributed by atoms with van der Waals surface area (Å²) in [6.07, 6.45) is 3.82. The highest BCUT2D eigenvalue weighted by Crippen LogP contribution is 2.60. The van der Waals surface area contributed by atoms with Crippen LogP contribution in [0.5, 0.6) is 0 Å². The van der Waals surface area contributed by atoms with Crippen LogP contribution in [-0.2, 0) is 25.7 Å². The van der Waals surface area contributed by atoms with E-state index in [1.165, 1.54) is 4.90 Å². The first-order chi connectivity index (χ1) is 23.9. The number of likely N-dealkylation sites (tertiary alicyclic amines) is 1. The van der Waals surface area contributed by atoms with E-state index in [-0.39, 0.29) is 24.3 Å². The van der Waals surface area contributed by atoms with Crippen LogP contribution in [-0.4, -0.2) is 70.1 Å². The van der Waals surface area contributed by atoms with Crippen LogP contribution in [0, 0.1) is 11.8 Å². The summed E-state index contributed by atoms with van der Waals surface area (Å²) >= 11 is 0. The molecule has 4 aromatic rings. The first-order valence-electron chi connectivity index (χ1n) is 16.9. The molecule has 3 aliphatic rings. The van der Waals surface area contributed by atoms with Crippen molar-refractivity contribution in [3.05, 3.63) is 140 Å². The molecular formula is C41H41N3O5. The first-order valence-corrected chi connectivity index (χ1v) is 16.9. The van der Waals surface area contributed by atoms with Gasteiger partial charge in [-0.3, -0.25) is 14.4 Å². The van der Waals surface area contributed by atoms with Gasteiger partial charge in [-0.25, -0.2) is 0 Å². The molecule has 3 heterocycles. The zero-order chi connectivity index (χ0) is 34.1. The minimum absolute atomic E-state index is 0.195. The Labute approximate surface area is 286 Å². The lowest BCUT2D eigenvalue weighted by Gasteiger charge is -2.39. The van der Waals surface area contributed by atoms with Gasteiger partial charge in [0.15, 0.2) is 0 Å². The summed E-state index contributed by atoms with van der Waals surface area (Å²) in [4.78, 5) is 49.6. The molecule has 250 valence electrons. The van der Waals surface area contributed by atoms with Crippen LogP contribution in [0.1, 0.15) is 30.0 Å². The SMILES string of the molecule is C=CCN(Cc1ccccc1)C(=O)[C@@H]1[C@H]2C(=O)N([C@H](CO)c3ccccc3)C(C(=O)N(CC=C)c3ccc4ccccc4c3)C23CC[C@H]1O3. The Morgan fingerprint density at radius 1 is 0.898 bits per heavy atom. The van der Waals surface area contributed by atoms with E-state index in [4.69, 9.17) is 4.74 Å². The predicted molar refractivity (Wildman–Crippen MR) is 189 cm³/mol. The lowest BCUT2D eigenvalue weighted by atomic mass is 9.70. The normalized spacial score (nSPS) is 24.4. The summed E-state index contributed by atoms with van der Waals surface area (Å²) in [5.41, 5.74) is 1.08. The van der Waals surface area contributed by atoms with Crippen molar-refractivity contribution in [1.82, 2.24) is 9.80 Å². The monoisotopic (exact) mass is 655 g/mol. The number of fused-ring (bicyclic) bond motifs is 2. The molecule has 3 saturated heterocycles. The fourth-order valence-corrected chi connectivity index (χ4v) is 8.36. The van der Waals surface area contributed by atoms with Gasteiger partial charge in [0.05, 0.1) is 30.6 Å². The summed E-state index contributed by atoms with van der Waals surface area (Å²) in [5, 5.41) is 12.9. The summed E-state index contributed by atoms with van der Waals surface area (Å²) in [7, 11) is 0. The van der Waals surface area contributed by atoms with Gasteiger partial charge in [-0.05, 0) is 46.9 Å². The minimum atomic E-state index is -1.25. The second kappa shape index (κ2) is 13.5. The number of hydrogen-bond acceptors (Lipinski definition) is 5. The molecule has 8 heteroatoms. The number of benzene rings is 4. The molecular weight excluding hydrogens is 614 g/mol. The van der Waals surface area contributed by atoms with Gasteiger partial charge in [-0.15, -0.1) is 13.2 Å². The Bertz CT molecular complexity index is 1880. The van der Waals surface area contributed by atoms with Crippen molar-refractivity contribution < 1.29 is 24.2 Å². The second-order valence-corrected chi connectivity index (χ2v) is 13.2. The highest BCUT2D eigenvalue weighted by Gasteiger charge is 2.75. The lowest BCUT2D eigenvalue weighted by molar-refractivity contribution is -0.147. The van der Waals surface area contributed by atoms with Gasteiger partial charge in [-0.2, -0.15) is 0 Å². The molecule has 49 heavy (non-hydrogen) atoms. The Balaban J connectivity index is 1.32. The molecule has 3 fully saturated rings. The van der Waals surface area contributed by atoms with E-state index >= 15 is 4.79 Å². The lowest BCUT2D eigenvalue weighted by Crippen LogP contribution is -2.57. The van der Waals surface area contributed by atoms with Gasteiger partial charge in [0.25, 0.3) is 5.91 Å². The van der Waals surface area contributed by atoms with Gasteiger partial charge in [0.1, 0.15) is 11.6 Å². The van der Waals surface area contributed by atoms with E-state index in [1.54, 1.807) is 22.0 Å². The molecule has 0 radical (unpaired) electrons. The number of hydrogen-bond donors (Lipinski definition) is 1. The van der Waals surface area contributed by atoms with Crippen LogP contribution in [0.15, 0.2) is 128 Å². The van der Waals surface area contributed by atoms with Gasteiger partial charge in [0, 0.05) is 25.3 Å². The molecule has 4 aromatic carbocycles. The van der Waals surface area contributed by atoms with Crippen molar-refractivity contribution in [1.29, 1.82) is 0 Å². The van der Waals surface area contributed by atoms with Crippen molar-refractivity contribution in [3.63, 3.8) is 0 Å². The maximum Gasteiger partial charge on any atom is 0.253 e. The standard InChI is InChI=1S/C41H41N3O5/c1-3-23-42(26-28-13-7-5-8-14-28)38(46)35-34-21-22-41(49-34)36(35)39(47)44(33(27-45)30-16-9-6-10-17-30)37(41)40(48)43(24-4-2)32-20-19-29-15-11-12-18-31(29)25-32/h3-20,25,33-37,45H,1-2,21-24,26-27H2/t33-,34-,35+,36+,37?,41?/m1/s1. The maximum absolute atomic E-state index is 15.2. The summed E-state index contributed by atoms with van der Waals surface area (Å²) < 4.78 is 6.80. The molecule has 8 nitrogen and oxygen atoms in total. The van der Waals surface area contributed by atoms with Crippen molar-refractivity contribution in [2.45, 2.75) is 43.2 Å². The zero-order valence-corrected chi connectivity index (χ0v) is 27.4. The van der Waals surface area contributed by atoms with E-state index in [1.807, 2.05) is 103 Å². The van der Waals surface area contributed by atoms with E-state index in [0.29, 0.717) is 37.2 Å². The van der Waals surface area contributed by atoms with Crippen molar-refractivity contribution in [2.24, 2.45) is 11.8 Å². The van der Waals surface area contributed by atoms with Crippen LogP contribution < -0.4 is 4.90 Å². The molecule has 1 spiro atoms. The van der Waals surface area contributed by atoms with Crippen LogP contribution in [0.25, 0.3) is 10.8 Å². The average Bonchev–Trinajstić information content (AvgIpc) is 3.78. The van der Waals surface area contributed by atoms with E-state index in [9.17, 15) is 14.7 Å². The molecule has 2 unspecified atom stereocenters. The number of rotatable bonds is 12. The largest absolute Gasteiger partial charge is 0.394 e. The molecule has 1 N–H and O–H groups in total. The van der Waals surface area contributed by atoms with Crippen molar-refractivity contribution in [3.8, 4) is 0 Å². The molecule has 3 aliphatic heterocycles. The molecule has 0 saturated carbocycles. The Morgan fingerprint density at radius 2 is 1.57 bits per heavy atom. The first kappa shape index (κ1) is 32.5. The summed E-state index contributed by atoms with van der Waals surface area (Å²) in [6, 6.07) is 30.8. The predicted octanol–water partition coefficient (Wildman–Crippen LogP) is 5.68. The second-order valence-electron chi connectivity index (χ2n) is 13.2. The number of carbonyl (C=O) groups excluding carboxylic acids is 3. The van der Waals surface area contributed by atoms with E-state index < -0.39 is 42.2 Å². The molecule has 0 aliphatic carbocycles. The number of ether oxygens (including phenoxy) is 1. The van der Waals surface area contributed by atoms with Gasteiger partial charge in [-0.1, -0.05) is 103 Å². The van der Waals surface area contributed by atoms with Gasteiger partial charge in [0.2, 0.25) is 11.8 Å². The number of carbonyl (C=O) groups is 3. The highest BCUT2D eigenvalue weighted by molar-refractivity contribution is 6.06. The fraction of sp³-hybridized carbons (Fsp3) is 0.293. The average molecular weight is 656 g/mol. The molecule has 6 atom stereocenters.